The largest absolute Gasteiger partial charge is 0.303 e. The van der Waals surface area contributed by atoms with E-state index in [0.717, 1.165) is 19.1 Å². The lowest BCUT2D eigenvalue weighted by molar-refractivity contribution is -0.135. The summed E-state index contributed by atoms with van der Waals surface area (Å²) in [4.78, 5) is 23.1. The normalized spacial score (nSPS) is 44.3. The van der Waals surface area contributed by atoms with Crippen LogP contribution in [0.15, 0.2) is 24.3 Å². The van der Waals surface area contributed by atoms with Crippen LogP contribution in [0.1, 0.15) is 45.4 Å². The lowest BCUT2D eigenvalue weighted by Gasteiger charge is -2.59. The minimum atomic E-state index is -0.338. The van der Waals surface area contributed by atoms with E-state index in [0.29, 0.717) is 24.7 Å². The van der Waals surface area contributed by atoms with Crippen molar-refractivity contribution in [2.45, 2.75) is 45.4 Å². The van der Waals surface area contributed by atoms with Crippen LogP contribution >= 0.6 is 0 Å². The number of carbonyl (C=O) groups excluding carboxylic acids is 2. The Hall–Kier alpha value is -1.18. The summed E-state index contributed by atoms with van der Waals surface area (Å²) in [5, 5.41) is 0. The van der Waals surface area contributed by atoms with Gasteiger partial charge in [0.1, 0.15) is 6.29 Å². The number of rotatable bonds is 3. The second-order valence-corrected chi connectivity index (χ2v) is 6.91. The van der Waals surface area contributed by atoms with Crippen LogP contribution in [0, 0.1) is 22.7 Å². The predicted octanol–water partition coefficient (Wildman–Crippen LogP) is 3.47. The van der Waals surface area contributed by atoms with Crippen molar-refractivity contribution in [1.29, 1.82) is 0 Å². The molecule has 0 aliphatic heterocycles. The number of carbonyl (C=O) groups is 2. The zero-order valence-corrected chi connectivity index (χ0v) is 11.7. The van der Waals surface area contributed by atoms with Gasteiger partial charge in [0.05, 0.1) is 0 Å². The van der Waals surface area contributed by atoms with Crippen LogP contribution < -0.4 is 0 Å². The van der Waals surface area contributed by atoms with Gasteiger partial charge in [0.2, 0.25) is 0 Å². The van der Waals surface area contributed by atoms with Crippen LogP contribution in [-0.4, -0.2) is 12.1 Å². The van der Waals surface area contributed by atoms with Crippen LogP contribution in [0.3, 0.4) is 0 Å². The van der Waals surface area contributed by atoms with Crippen molar-refractivity contribution < 1.29 is 9.59 Å². The standard InChI is InChI=1S/C17H22O2/c1-12-11-17-7-4-13(12)10-14(17)16(2,6-3-9-18)15(19)5-8-17/h5,8-9,13-14H,1,3-4,6-7,10-11H2,2H3/t13-,14-,16-,17+/m0/s1. The summed E-state index contributed by atoms with van der Waals surface area (Å²) < 4.78 is 0. The second kappa shape index (κ2) is 4.16. The zero-order valence-electron chi connectivity index (χ0n) is 11.7. The lowest BCUT2D eigenvalue weighted by atomic mass is 9.44. The highest BCUT2D eigenvalue weighted by Crippen LogP contribution is 2.64. The number of fused-ring (bicyclic) bond motifs is 2. The molecule has 1 spiro atoms. The van der Waals surface area contributed by atoms with Gasteiger partial charge in [-0.1, -0.05) is 25.2 Å². The summed E-state index contributed by atoms with van der Waals surface area (Å²) >= 11 is 0. The quantitative estimate of drug-likeness (QED) is 0.574. The molecule has 0 N–H and O–H groups in total. The highest BCUT2D eigenvalue weighted by atomic mass is 16.1. The van der Waals surface area contributed by atoms with Gasteiger partial charge in [-0.3, -0.25) is 4.79 Å². The van der Waals surface area contributed by atoms with Gasteiger partial charge in [-0.05, 0) is 55.4 Å². The molecular weight excluding hydrogens is 236 g/mol. The summed E-state index contributed by atoms with van der Waals surface area (Å²) in [5.41, 5.74) is 1.19. The lowest BCUT2D eigenvalue weighted by Crippen LogP contribution is -2.53. The maximum absolute atomic E-state index is 12.4. The predicted molar refractivity (Wildman–Crippen MR) is 74.6 cm³/mol. The van der Waals surface area contributed by atoms with Gasteiger partial charge in [-0.15, -0.1) is 0 Å². The summed E-state index contributed by atoms with van der Waals surface area (Å²) in [6, 6.07) is 0. The first-order valence-corrected chi connectivity index (χ1v) is 7.37. The Balaban J connectivity index is 2.00. The molecule has 3 saturated carbocycles. The van der Waals surface area contributed by atoms with Crippen molar-refractivity contribution in [2.24, 2.45) is 22.7 Å². The monoisotopic (exact) mass is 258 g/mol. The molecule has 2 bridgehead atoms. The van der Waals surface area contributed by atoms with E-state index in [1.807, 2.05) is 0 Å². The van der Waals surface area contributed by atoms with Gasteiger partial charge >= 0.3 is 0 Å². The van der Waals surface area contributed by atoms with E-state index in [1.165, 1.54) is 18.4 Å². The van der Waals surface area contributed by atoms with Crippen molar-refractivity contribution >= 4 is 12.1 Å². The van der Waals surface area contributed by atoms with Crippen molar-refractivity contribution in [3.63, 3.8) is 0 Å². The topological polar surface area (TPSA) is 34.1 Å². The highest BCUT2D eigenvalue weighted by molar-refractivity contribution is 5.96. The molecule has 0 heterocycles. The minimum absolute atomic E-state index is 0.150. The highest BCUT2D eigenvalue weighted by Gasteiger charge is 2.57. The molecule has 0 unspecified atom stereocenters. The maximum Gasteiger partial charge on any atom is 0.161 e. The van der Waals surface area contributed by atoms with Crippen molar-refractivity contribution in [3.8, 4) is 0 Å². The molecule has 0 aromatic rings. The first-order valence-electron chi connectivity index (χ1n) is 7.37. The van der Waals surface area contributed by atoms with E-state index in [2.05, 4.69) is 19.6 Å². The smallest absolute Gasteiger partial charge is 0.161 e. The summed E-state index contributed by atoms with van der Waals surface area (Å²) in [6.07, 6.45) is 10.6. The molecule has 19 heavy (non-hydrogen) atoms. The Labute approximate surface area is 115 Å². The van der Waals surface area contributed by atoms with E-state index in [9.17, 15) is 9.59 Å². The maximum atomic E-state index is 12.4. The fraction of sp³-hybridized carbons (Fsp3) is 0.647. The first kappa shape index (κ1) is 12.8. The molecule has 0 amide bonds. The fourth-order valence-electron chi connectivity index (χ4n) is 4.82. The SMILES string of the molecule is C=C1C[C@@]23C=CC(=O)[C@@](C)(CCC=O)[C@@H]2C[C@@H]1CC3. The molecule has 3 fully saturated rings. The molecule has 0 radical (unpaired) electrons. The molecule has 2 nitrogen and oxygen atoms in total. The third-order valence-electron chi connectivity index (χ3n) is 5.99. The molecule has 4 rings (SSSR count). The van der Waals surface area contributed by atoms with E-state index in [4.69, 9.17) is 0 Å². The molecule has 0 saturated heterocycles. The van der Waals surface area contributed by atoms with Crippen molar-refractivity contribution in [2.75, 3.05) is 0 Å². The van der Waals surface area contributed by atoms with Crippen LogP contribution in [-0.2, 0) is 9.59 Å². The molecular formula is C17H22O2. The van der Waals surface area contributed by atoms with Crippen molar-refractivity contribution in [3.05, 3.63) is 24.3 Å². The van der Waals surface area contributed by atoms with Gasteiger partial charge in [-0.2, -0.15) is 0 Å². The van der Waals surface area contributed by atoms with Crippen LogP contribution in [0.2, 0.25) is 0 Å². The number of ketones is 1. The summed E-state index contributed by atoms with van der Waals surface area (Å²) in [7, 11) is 0. The third-order valence-corrected chi connectivity index (χ3v) is 5.99. The fourth-order valence-corrected chi connectivity index (χ4v) is 4.82. The first-order chi connectivity index (χ1) is 9.02. The van der Waals surface area contributed by atoms with Crippen molar-refractivity contribution in [1.82, 2.24) is 0 Å². The summed E-state index contributed by atoms with van der Waals surface area (Å²) in [6.45, 7) is 6.32. The second-order valence-electron chi connectivity index (χ2n) is 6.91. The number of allylic oxidation sites excluding steroid dienone is 3. The van der Waals surface area contributed by atoms with Gasteiger partial charge in [0.25, 0.3) is 0 Å². The van der Waals surface area contributed by atoms with Crippen LogP contribution in [0.5, 0.6) is 0 Å². The molecule has 4 aliphatic rings. The average molecular weight is 258 g/mol. The Morgan fingerprint density at radius 3 is 3.00 bits per heavy atom. The third kappa shape index (κ3) is 1.69. The molecule has 0 aromatic carbocycles. The van der Waals surface area contributed by atoms with E-state index < -0.39 is 0 Å². The minimum Gasteiger partial charge on any atom is -0.303 e. The molecule has 4 aliphatic carbocycles. The number of hydrogen-bond donors (Lipinski definition) is 0. The van der Waals surface area contributed by atoms with Crippen LogP contribution in [0.4, 0.5) is 0 Å². The van der Waals surface area contributed by atoms with Gasteiger partial charge < -0.3 is 4.79 Å². The van der Waals surface area contributed by atoms with E-state index in [-0.39, 0.29) is 16.6 Å². The van der Waals surface area contributed by atoms with Gasteiger partial charge in [0, 0.05) is 11.8 Å². The Morgan fingerprint density at radius 1 is 1.53 bits per heavy atom. The molecule has 2 heteroatoms. The molecule has 0 aromatic heterocycles. The van der Waals surface area contributed by atoms with Gasteiger partial charge in [0.15, 0.2) is 5.78 Å². The zero-order chi connectivity index (χ0) is 13.7. The average Bonchev–Trinajstić information content (AvgIpc) is 2.41. The Bertz CT molecular complexity index is 476. The van der Waals surface area contributed by atoms with E-state index >= 15 is 0 Å². The number of aldehydes is 1. The van der Waals surface area contributed by atoms with Gasteiger partial charge in [-0.25, -0.2) is 0 Å². The molecule has 4 atom stereocenters. The Morgan fingerprint density at radius 2 is 2.32 bits per heavy atom. The Kier molecular flexibility index (Phi) is 2.81. The number of hydrogen-bond acceptors (Lipinski definition) is 2. The van der Waals surface area contributed by atoms with E-state index in [1.54, 1.807) is 6.08 Å². The van der Waals surface area contributed by atoms with Crippen LogP contribution in [0.25, 0.3) is 0 Å². The summed E-state index contributed by atoms with van der Waals surface area (Å²) in [5.74, 6) is 1.23. The molecule has 102 valence electrons.